The quantitative estimate of drug-likeness (QED) is 0.704. The van der Waals surface area contributed by atoms with Crippen LogP contribution in [0, 0.1) is 0 Å². The molecule has 1 atom stereocenters. The SMILES string of the molecule is COc1ccc2c3c(n(CCN4CCN(C(=O)OC(C)(C)C)CC4)c2c1)C(C(F)(F)F)NC=C3. The molecule has 0 saturated carbocycles. The number of fused-ring (bicyclic) bond motifs is 3. The number of hydrogen-bond donors (Lipinski definition) is 1. The summed E-state index contributed by atoms with van der Waals surface area (Å²) < 4.78 is 54.3. The molecule has 1 N–H and O–H groups in total. The number of nitrogens with zero attached hydrogens (tertiary/aromatic N) is 3. The third-order valence-electron chi connectivity index (χ3n) is 6.13. The molecule has 10 heteroatoms. The highest BCUT2D eigenvalue weighted by molar-refractivity contribution is 5.93. The summed E-state index contributed by atoms with van der Waals surface area (Å²) in [5.74, 6) is 0.593. The van der Waals surface area contributed by atoms with Crippen molar-refractivity contribution in [3.63, 3.8) is 0 Å². The number of ether oxygens (including phenoxy) is 2. The zero-order valence-electron chi connectivity index (χ0n) is 19.9. The summed E-state index contributed by atoms with van der Waals surface area (Å²) in [6, 6.07) is 3.58. The van der Waals surface area contributed by atoms with E-state index in [0.29, 0.717) is 56.1 Å². The number of aromatic nitrogens is 1. The lowest BCUT2D eigenvalue weighted by Gasteiger charge is -2.36. The number of nitrogens with one attached hydrogen (secondary N) is 1. The highest BCUT2D eigenvalue weighted by Gasteiger charge is 2.45. The molecule has 7 nitrogen and oxygen atoms in total. The Morgan fingerprint density at radius 2 is 1.82 bits per heavy atom. The van der Waals surface area contributed by atoms with Crippen molar-refractivity contribution in [3.05, 3.63) is 35.7 Å². The van der Waals surface area contributed by atoms with Crippen LogP contribution in [0.5, 0.6) is 5.75 Å². The number of carbonyl (C=O) groups is 1. The smallest absolute Gasteiger partial charge is 0.414 e. The zero-order valence-corrected chi connectivity index (χ0v) is 19.9. The summed E-state index contributed by atoms with van der Waals surface area (Å²) in [7, 11) is 1.54. The molecule has 34 heavy (non-hydrogen) atoms. The third kappa shape index (κ3) is 4.96. The lowest BCUT2D eigenvalue weighted by Crippen LogP contribution is -2.50. The van der Waals surface area contributed by atoms with Crippen LogP contribution < -0.4 is 10.1 Å². The van der Waals surface area contributed by atoms with E-state index in [2.05, 4.69) is 10.2 Å². The van der Waals surface area contributed by atoms with E-state index in [-0.39, 0.29) is 11.8 Å². The second-order valence-corrected chi connectivity index (χ2v) is 9.62. The Bertz CT molecular complexity index is 1080. The van der Waals surface area contributed by atoms with E-state index < -0.39 is 17.8 Å². The fraction of sp³-hybridized carbons (Fsp3) is 0.542. The van der Waals surface area contributed by atoms with Gasteiger partial charge in [-0.2, -0.15) is 13.2 Å². The normalized spacial score (nSPS) is 19.1. The van der Waals surface area contributed by atoms with Gasteiger partial charge in [0, 0.05) is 56.3 Å². The van der Waals surface area contributed by atoms with Crippen LogP contribution in [0.15, 0.2) is 24.4 Å². The minimum absolute atomic E-state index is 0.214. The van der Waals surface area contributed by atoms with Gasteiger partial charge in [-0.1, -0.05) is 0 Å². The fourth-order valence-electron chi connectivity index (χ4n) is 4.51. The van der Waals surface area contributed by atoms with Gasteiger partial charge in [-0.05, 0) is 45.2 Å². The maximum atomic E-state index is 13.9. The summed E-state index contributed by atoms with van der Waals surface area (Å²) in [5.41, 5.74) is 0.944. The number of benzene rings is 1. The van der Waals surface area contributed by atoms with E-state index in [9.17, 15) is 18.0 Å². The van der Waals surface area contributed by atoms with Crippen molar-refractivity contribution < 1.29 is 27.4 Å². The van der Waals surface area contributed by atoms with Gasteiger partial charge in [0.15, 0.2) is 6.04 Å². The third-order valence-corrected chi connectivity index (χ3v) is 6.13. The molecule has 1 fully saturated rings. The first kappa shape index (κ1) is 24.3. The molecule has 3 heterocycles. The monoisotopic (exact) mass is 480 g/mol. The molecule has 1 aromatic heterocycles. The number of amides is 1. The van der Waals surface area contributed by atoms with Crippen LogP contribution in [-0.4, -0.2) is 72.1 Å². The Kier molecular flexibility index (Phi) is 6.46. The number of rotatable bonds is 4. The van der Waals surface area contributed by atoms with Gasteiger partial charge in [0.1, 0.15) is 11.4 Å². The summed E-state index contributed by atoms with van der Waals surface area (Å²) in [4.78, 5) is 16.1. The number of carbonyl (C=O) groups excluding carboxylic acids is 1. The van der Waals surface area contributed by atoms with Gasteiger partial charge in [-0.15, -0.1) is 0 Å². The standard InChI is InChI=1S/C24H31F3N4O3/c1-23(2,3)34-22(32)30-12-9-29(10-13-30)11-14-31-19-15-16(33-4)5-6-17(19)18-7-8-28-21(20(18)31)24(25,26)27/h5-8,15,21,28H,9-14H2,1-4H3. The second-order valence-electron chi connectivity index (χ2n) is 9.62. The van der Waals surface area contributed by atoms with E-state index in [0.717, 1.165) is 5.39 Å². The van der Waals surface area contributed by atoms with Crippen molar-refractivity contribution in [2.45, 2.75) is 45.1 Å². The summed E-state index contributed by atoms with van der Waals surface area (Å²) in [6.07, 6.45) is -1.71. The molecule has 0 bridgehead atoms. The van der Waals surface area contributed by atoms with Crippen LogP contribution in [0.25, 0.3) is 17.0 Å². The van der Waals surface area contributed by atoms with Crippen LogP contribution in [0.4, 0.5) is 18.0 Å². The topological polar surface area (TPSA) is 59.0 Å². The Balaban J connectivity index is 1.54. The first-order valence-electron chi connectivity index (χ1n) is 11.4. The summed E-state index contributed by atoms with van der Waals surface area (Å²) in [6.45, 7) is 8.72. The molecule has 186 valence electrons. The average molecular weight is 481 g/mol. The molecule has 1 amide bonds. The Labute approximate surface area is 197 Å². The van der Waals surface area contributed by atoms with E-state index in [1.54, 1.807) is 34.8 Å². The number of piperazine rings is 1. The minimum Gasteiger partial charge on any atom is -0.497 e. The van der Waals surface area contributed by atoms with Crippen LogP contribution in [0.3, 0.4) is 0 Å². The van der Waals surface area contributed by atoms with Crippen LogP contribution in [-0.2, 0) is 11.3 Å². The second kappa shape index (κ2) is 9.05. The molecule has 0 radical (unpaired) electrons. The molecule has 0 spiro atoms. The number of halogens is 3. The van der Waals surface area contributed by atoms with Crippen LogP contribution in [0.1, 0.15) is 38.1 Å². The summed E-state index contributed by atoms with van der Waals surface area (Å²) >= 11 is 0. The van der Waals surface area contributed by atoms with E-state index in [4.69, 9.17) is 9.47 Å². The first-order chi connectivity index (χ1) is 16.0. The zero-order chi connectivity index (χ0) is 24.7. The maximum Gasteiger partial charge on any atom is 0.414 e. The van der Waals surface area contributed by atoms with Crippen molar-refractivity contribution in [2.75, 3.05) is 39.8 Å². The molecule has 1 unspecified atom stereocenters. The Morgan fingerprint density at radius 3 is 2.44 bits per heavy atom. The Hall–Kier alpha value is -2.88. The van der Waals surface area contributed by atoms with Gasteiger partial charge in [0.2, 0.25) is 0 Å². The Morgan fingerprint density at radius 1 is 1.12 bits per heavy atom. The van der Waals surface area contributed by atoms with Crippen molar-refractivity contribution in [3.8, 4) is 5.75 Å². The first-order valence-corrected chi connectivity index (χ1v) is 11.4. The van der Waals surface area contributed by atoms with Gasteiger partial charge in [-0.3, -0.25) is 4.90 Å². The van der Waals surface area contributed by atoms with E-state index in [1.807, 2.05) is 26.8 Å². The molecular weight excluding hydrogens is 449 g/mol. The van der Waals surface area contributed by atoms with Crippen molar-refractivity contribution >= 4 is 23.1 Å². The molecule has 1 saturated heterocycles. The van der Waals surface area contributed by atoms with Gasteiger partial charge < -0.3 is 24.3 Å². The molecule has 4 rings (SSSR count). The van der Waals surface area contributed by atoms with Crippen LogP contribution >= 0.6 is 0 Å². The number of methoxy groups -OCH3 is 1. The highest BCUT2D eigenvalue weighted by atomic mass is 19.4. The minimum atomic E-state index is -4.44. The van der Waals surface area contributed by atoms with Gasteiger partial charge in [0.05, 0.1) is 18.3 Å². The van der Waals surface area contributed by atoms with Gasteiger partial charge in [-0.25, -0.2) is 4.79 Å². The molecule has 0 aliphatic carbocycles. The molecule has 2 aromatic rings. The lowest BCUT2D eigenvalue weighted by molar-refractivity contribution is -0.156. The highest BCUT2D eigenvalue weighted by Crippen LogP contribution is 2.42. The molecule has 2 aliphatic rings. The van der Waals surface area contributed by atoms with E-state index in [1.165, 1.54) is 6.20 Å². The summed E-state index contributed by atoms with van der Waals surface area (Å²) in [5, 5.41) is 3.25. The molecule has 2 aliphatic heterocycles. The van der Waals surface area contributed by atoms with Crippen LogP contribution in [0.2, 0.25) is 0 Å². The largest absolute Gasteiger partial charge is 0.497 e. The maximum absolute atomic E-state index is 13.9. The fourth-order valence-corrected chi connectivity index (χ4v) is 4.51. The molecule has 1 aromatic carbocycles. The predicted octanol–water partition coefficient (Wildman–Crippen LogP) is 4.38. The number of hydrogen-bond acceptors (Lipinski definition) is 5. The number of alkyl halides is 3. The van der Waals surface area contributed by atoms with Gasteiger partial charge in [0.25, 0.3) is 0 Å². The van der Waals surface area contributed by atoms with Gasteiger partial charge >= 0.3 is 12.3 Å². The average Bonchev–Trinajstić information content (AvgIpc) is 3.09. The van der Waals surface area contributed by atoms with Crippen molar-refractivity contribution in [1.82, 2.24) is 19.7 Å². The van der Waals surface area contributed by atoms with Crippen molar-refractivity contribution in [1.29, 1.82) is 0 Å². The lowest BCUT2D eigenvalue weighted by atomic mass is 10.0. The van der Waals surface area contributed by atoms with E-state index >= 15 is 0 Å². The molecular formula is C24H31F3N4O3. The predicted molar refractivity (Wildman–Crippen MR) is 124 cm³/mol. The van der Waals surface area contributed by atoms with Crippen molar-refractivity contribution in [2.24, 2.45) is 0 Å².